The SMILES string of the molecule is Cc1noc(CCNC[C@H](C)O)n1. The summed E-state index contributed by atoms with van der Waals surface area (Å²) in [7, 11) is 0. The van der Waals surface area contributed by atoms with Crippen molar-refractivity contribution >= 4 is 0 Å². The predicted molar refractivity (Wildman–Crippen MR) is 47.3 cm³/mol. The lowest BCUT2D eigenvalue weighted by Crippen LogP contribution is -2.26. The van der Waals surface area contributed by atoms with E-state index in [1.54, 1.807) is 13.8 Å². The van der Waals surface area contributed by atoms with Crippen molar-refractivity contribution < 1.29 is 9.63 Å². The van der Waals surface area contributed by atoms with Gasteiger partial charge < -0.3 is 14.9 Å². The first-order valence-corrected chi connectivity index (χ1v) is 4.36. The van der Waals surface area contributed by atoms with E-state index in [-0.39, 0.29) is 6.10 Å². The second-order valence-electron chi connectivity index (χ2n) is 3.04. The molecule has 0 amide bonds. The molecule has 0 saturated heterocycles. The molecule has 1 aromatic heterocycles. The summed E-state index contributed by atoms with van der Waals surface area (Å²) in [6, 6.07) is 0. The van der Waals surface area contributed by atoms with E-state index in [1.807, 2.05) is 0 Å². The van der Waals surface area contributed by atoms with Crippen LogP contribution in [0.5, 0.6) is 0 Å². The average Bonchev–Trinajstić information content (AvgIpc) is 2.45. The van der Waals surface area contributed by atoms with Gasteiger partial charge in [0.2, 0.25) is 5.89 Å². The molecule has 74 valence electrons. The minimum absolute atomic E-state index is 0.315. The van der Waals surface area contributed by atoms with E-state index in [0.717, 1.165) is 6.54 Å². The van der Waals surface area contributed by atoms with Crippen LogP contribution in [0.2, 0.25) is 0 Å². The number of hydrogen-bond donors (Lipinski definition) is 2. The van der Waals surface area contributed by atoms with Crippen LogP contribution >= 0.6 is 0 Å². The highest BCUT2D eigenvalue weighted by Gasteiger charge is 2.01. The van der Waals surface area contributed by atoms with Crippen LogP contribution in [0.15, 0.2) is 4.52 Å². The molecule has 0 aliphatic heterocycles. The quantitative estimate of drug-likeness (QED) is 0.626. The molecule has 2 N–H and O–H groups in total. The molecule has 1 atom stereocenters. The van der Waals surface area contributed by atoms with Crippen LogP contribution in [0.25, 0.3) is 0 Å². The van der Waals surface area contributed by atoms with Crippen LogP contribution in [0, 0.1) is 6.92 Å². The minimum atomic E-state index is -0.315. The summed E-state index contributed by atoms with van der Waals surface area (Å²) in [5.74, 6) is 1.29. The molecule has 1 aromatic rings. The van der Waals surface area contributed by atoms with Crippen molar-refractivity contribution in [3.05, 3.63) is 11.7 Å². The van der Waals surface area contributed by atoms with Crippen molar-refractivity contribution in [1.29, 1.82) is 0 Å². The van der Waals surface area contributed by atoms with Crippen LogP contribution in [0.4, 0.5) is 0 Å². The van der Waals surface area contributed by atoms with Gasteiger partial charge in [-0.1, -0.05) is 5.16 Å². The van der Waals surface area contributed by atoms with Gasteiger partial charge in [-0.15, -0.1) is 0 Å². The zero-order valence-electron chi connectivity index (χ0n) is 7.95. The van der Waals surface area contributed by atoms with Gasteiger partial charge in [-0.3, -0.25) is 0 Å². The number of hydrogen-bond acceptors (Lipinski definition) is 5. The number of aliphatic hydroxyl groups is 1. The van der Waals surface area contributed by atoms with E-state index in [0.29, 0.717) is 24.7 Å². The molecule has 0 aliphatic carbocycles. The van der Waals surface area contributed by atoms with Crippen LogP contribution in [0.1, 0.15) is 18.6 Å². The lowest BCUT2D eigenvalue weighted by atomic mass is 10.3. The molecule has 0 aliphatic rings. The molecule has 1 rings (SSSR count). The second kappa shape index (κ2) is 4.94. The van der Waals surface area contributed by atoms with Gasteiger partial charge >= 0.3 is 0 Å². The lowest BCUT2D eigenvalue weighted by Gasteiger charge is -2.04. The lowest BCUT2D eigenvalue weighted by molar-refractivity contribution is 0.191. The van der Waals surface area contributed by atoms with Gasteiger partial charge in [-0.25, -0.2) is 0 Å². The van der Waals surface area contributed by atoms with Crippen molar-refractivity contribution in [2.45, 2.75) is 26.4 Å². The molecule has 0 aromatic carbocycles. The molecule has 0 bridgehead atoms. The predicted octanol–water partition coefficient (Wildman–Crippen LogP) is -0.109. The van der Waals surface area contributed by atoms with E-state index in [4.69, 9.17) is 9.63 Å². The second-order valence-corrected chi connectivity index (χ2v) is 3.04. The molecule has 0 radical (unpaired) electrons. The van der Waals surface area contributed by atoms with Crippen molar-refractivity contribution in [3.8, 4) is 0 Å². The highest BCUT2D eigenvalue weighted by atomic mass is 16.5. The van der Waals surface area contributed by atoms with Crippen LogP contribution in [-0.4, -0.2) is 34.4 Å². The minimum Gasteiger partial charge on any atom is -0.392 e. The Morgan fingerprint density at radius 3 is 2.92 bits per heavy atom. The maximum Gasteiger partial charge on any atom is 0.227 e. The summed E-state index contributed by atoms with van der Waals surface area (Å²) < 4.78 is 4.91. The van der Waals surface area contributed by atoms with Gasteiger partial charge in [0.1, 0.15) is 0 Å². The number of aromatic nitrogens is 2. The first-order chi connectivity index (χ1) is 6.18. The van der Waals surface area contributed by atoms with E-state index in [2.05, 4.69) is 15.5 Å². The summed E-state index contributed by atoms with van der Waals surface area (Å²) in [6.07, 6.45) is 0.387. The van der Waals surface area contributed by atoms with Gasteiger partial charge in [0.15, 0.2) is 5.82 Å². The zero-order valence-corrected chi connectivity index (χ0v) is 7.95. The molecule has 5 nitrogen and oxygen atoms in total. The monoisotopic (exact) mass is 185 g/mol. The third-order valence-corrected chi connectivity index (χ3v) is 1.53. The number of aliphatic hydroxyl groups excluding tert-OH is 1. The topological polar surface area (TPSA) is 71.2 Å². The number of nitrogens with one attached hydrogen (secondary N) is 1. The fourth-order valence-corrected chi connectivity index (χ4v) is 0.948. The molecule has 13 heavy (non-hydrogen) atoms. The Hall–Kier alpha value is -0.940. The van der Waals surface area contributed by atoms with E-state index >= 15 is 0 Å². The van der Waals surface area contributed by atoms with E-state index in [1.165, 1.54) is 0 Å². The Balaban J connectivity index is 2.13. The first-order valence-electron chi connectivity index (χ1n) is 4.36. The third kappa shape index (κ3) is 4.00. The van der Waals surface area contributed by atoms with Crippen molar-refractivity contribution in [2.75, 3.05) is 13.1 Å². The highest BCUT2D eigenvalue weighted by molar-refractivity contribution is 4.83. The smallest absolute Gasteiger partial charge is 0.227 e. The summed E-state index contributed by atoms with van der Waals surface area (Å²) in [5.41, 5.74) is 0. The molecule has 0 fully saturated rings. The molecular weight excluding hydrogens is 170 g/mol. The summed E-state index contributed by atoms with van der Waals surface area (Å²) in [4.78, 5) is 4.05. The van der Waals surface area contributed by atoms with Crippen LogP contribution < -0.4 is 5.32 Å². The standard InChI is InChI=1S/C8H15N3O2/c1-6(12)5-9-4-3-8-10-7(2)11-13-8/h6,9,12H,3-5H2,1-2H3/t6-/m0/s1. The molecule has 0 unspecified atom stereocenters. The van der Waals surface area contributed by atoms with Crippen molar-refractivity contribution in [2.24, 2.45) is 0 Å². The highest BCUT2D eigenvalue weighted by Crippen LogP contribution is 1.95. The Morgan fingerprint density at radius 1 is 1.62 bits per heavy atom. The summed E-state index contributed by atoms with van der Waals surface area (Å²) >= 11 is 0. The Labute approximate surface area is 77.2 Å². The van der Waals surface area contributed by atoms with E-state index < -0.39 is 0 Å². The maximum absolute atomic E-state index is 8.94. The number of aryl methyl sites for hydroxylation is 1. The van der Waals surface area contributed by atoms with Gasteiger partial charge in [0.05, 0.1) is 6.10 Å². The van der Waals surface area contributed by atoms with Gasteiger partial charge in [-0.2, -0.15) is 4.98 Å². The van der Waals surface area contributed by atoms with Crippen LogP contribution in [0.3, 0.4) is 0 Å². The zero-order chi connectivity index (χ0) is 9.68. The molecule has 1 heterocycles. The number of rotatable bonds is 5. The Morgan fingerprint density at radius 2 is 2.38 bits per heavy atom. The number of nitrogens with zero attached hydrogens (tertiary/aromatic N) is 2. The van der Waals surface area contributed by atoms with E-state index in [9.17, 15) is 0 Å². The van der Waals surface area contributed by atoms with Gasteiger partial charge in [-0.05, 0) is 13.8 Å². The third-order valence-electron chi connectivity index (χ3n) is 1.53. The van der Waals surface area contributed by atoms with Crippen LogP contribution in [-0.2, 0) is 6.42 Å². The normalized spacial score (nSPS) is 13.2. The molecular formula is C8H15N3O2. The summed E-state index contributed by atoms with van der Waals surface area (Å²) in [6.45, 7) is 4.86. The fourth-order valence-electron chi connectivity index (χ4n) is 0.948. The molecule has 0 saturated carbocycles. The van der Waals surface area contributed by atoms with Gasteiger partial charge in [0.25, 0.3) is 0 Å². The first kappa shape index (κ1) is 10.1. The molecule has 5 heteroatoms. The largest absolute Gasteiger partial charge is 0.392 e. The van der Waals surface area contributed by atoms with Crippen molar-refractivity contribution in [1.82, 2.24) is 15.5 Å². The fraction of sp³-hybridized carbons (Fsp3) is 0.750. The molecule has 0 spiro atoms. The van der Waals surface area contributed by atoms with Crippen molar-refractivity contribution in [3.63, 3.8) is 0 Å². The Kier molecular flexibility index (Phi) is 3.85. The Bertz CT molecular complexity index is 247. The maximum atomic E-state index is 8.94. The average molecular weight is 185 g/mol. The van der Waals surface area contributed by atoms with Gasteiger partial charge in [0, 0.05) is 19.5 Å². The summed E-state index contributed by atoms with van der Waals surface area (Å²) in [5, 5.41) is 15.7.